The third-order valence-corrected chi connectivity index (χ3v) is 5.73. The fraction of sp³-hybridized carbons (Fsp3) is 0.611. The number of rotatable bonds is 3. The molecule has 0 bridgehead atoms. The van der Waals surface area contributed by atoms with E-state index in [2.05, 4.69) is 19.0 Å². The van der Waals surface area contributed by atoms with E-state index in [4.69, 9.17) is 21.1 Å². The molecule has 1 atom stereocenters. The summed E-state index contributed by atoms with van der Waals surface area (Å²) in [6.45, 7) is 3.67. The van der Waals surface area contributed by atoms with Crippen LogP contribution in [0.3, 0.4) is 0 Å². The van der Waals surface area contributed by atoms with Gasteiger partial charge in [-0.25, -0.2) is 4.79 Å². The quantitative estimate of drug-likeness (QED) is 0.891. The molecule has 1 N–H and O–H groups in total. The summed E-state index contributed by atoms with van der Waals surface area (Å²) in [6.07, 6.45) is 4.22. The number of nitrogens with zero attached hydrogens (tertiary/aromatic N) is 1. The van der Waals surface area contributed by atoms with E-state index in [1.165, 1.54) is 6.07 Å². The first kappa shape index (κ1) is 17.4. The maximum absolute atomic E-state index is 11.4. The predicted molar refractivity (Wildman–Crippen MR) is 92.2 cm³/mol. The molecule has 0 saturated heterocycles. The minimum absolute atomic E-state index is 0.155. The van der Waals surface area contributed by atoms with Crippen molar-refractivity contribution in [3.05, 3.63) is 22.2 Å². The molecule has 0 spiro atoms. The molecule has 1 aromatic carbocycles. The van der Waals surface area contributed by atoms with Gasteiger partial charge in [-0.1, -0.05) is 11.6 Å². The van der Waals surface area contributed by atoms with Gasteiger partial charge in [0.15, 0.2) is 11.5 Å². The number of carboxylic acids is 1. The molecule has 1 aliphatic heterocycles. The van der Waals surface area contributed by atoms with Crippen LogP contribution in [0.1, 0.15) is 48.5 Å². The lowest BCUT2D eigenvalue weighted by Crippen LogP contribution is -2.46. The van der Waals surface area contributed by atoms with Gasteiger partial charge in [-0.3, -0.25) is 0 Å². The van der Waals surface area contributed by atoms with E-state index in [0.717, 1.165) is 25.7 Å². The number of ether oxygens (including phenoxy) is 2. The summed E-state index contributed by atoms with van der Waals surface area (Å²) in [5.74, 6) is -0.607. The molecular formula is C18H24ClNO4. The standard InChI is InChI=1S/C18H24ClNO4/c1-10-13(17(21)22)9-14(19)16-15(10)23-18(2,24-16)11-5-7-12(8-6-11)20(3)4/h9,11-12H,5-8H2,1-4H3,(H,21,22). The van der Waals surface area contributed by atoms with Crippen LogP contribution < -0.4 is 9.47 Å². The lowest BCUT2D eigenvalue weighted by atomic mass is 9.81. The molecule has 1 aliphatic carbocycles. The second-order valence-corrected chi connectivity index (χ2v) is 7.59. The highest BCUT2D eigenvalue weighted by molar-refractivity contribution is 6.32. The number of halogens is 1. The smallest absolute Gasteiger partial charge is 0.336 e. The average molecular weight is 354 g/mol. The molecule has 3 rings (SSSR count). The van der Waals surface area contributed by atoms with Crippen LogP contribution in [0.15, 0.2) is 6.07 Å². The second kappa shape index (κ2) is 6.12. The maximum Gasteiger partial charge on any atom is 0.336 e. The SMILES string of the molecule is Cc1c(C(=O)O)cc(Cl)c2c1OC(C)(C1CCC(N(C)C)CC1)O2. The minimum atomic E-state index is -1.01. The molecule has 2 aliphatic rings. The zero-order chi connectivity index (χ0) is 17.6. The number of carbonyl (C=O) groups is 1. The lowest BCUT2D eigenvalue weighted by molar-refractivity contribution is -0.123. The Morgan fingerprint density at radius 2 is 1.83 bits per heavy atom. The Kier molecular flexibility index (Phi) is 4.43. The van der Waals surface area contributed by atoms with Gasteiger partial charge in [0.25, 0.3) is 5.79 Å². The van der Waals surface area contributed by atoms with Crippen LogP contribution >= 0.6 is 11.6 Å². The molecule has 1 heterocycles. The van der Waals surface area contributed by atoms with Gasteiger partial charge in [0, 0.05) is 24.4 Å². The number of hydrogen-bond acceptors (Lipinski definition) is 4. The lowest BCUT2D eigenvalue weighted by Gasteiger charge is -2.39. The molecular weight excluding hydrogens is 330 g/mol. The van der Waals surface area contributed by atoms with Gasteiger partial charge in [-0.05, 0) is 52.8 Å². The van der Waals surface area contributed by atoms with Gasteiger partial charge in [-0.2, -0.15) is 0 Å². The van der Waals surface area contributed by atoms with E-state index in [1.54, 1.807) is 6.92 Å². The van der Waals surface area contributed by atoms with Gasteiger partial charge in [0.2, 0.25) is 0 Å². The van der Waals surface area contributed by atoms with Crippen molar-refractivity contribution in [2.75, 3.05) is 14.1 Å². The van der Waals surface area contributed by atoms with Crippen molar-refractivity contribution in [2.24, 2.45) is 5.92 Å². The van der Waals surface area contributed by atoms with Crippen molar-refractivity contribution < 1.29 is 19.4 Å². The van der Waals surface area contributed by atoms with Crippen LogP contribution in [-0.2, 0) is 0 Å². The second-order valence-electron chi connectivity index (χ2n) is 7.18. The Labute approximate surface area is 147 Å². The van der Waals surface area contributed by atoms with Gasteiger partial charge in [-0.15, -0.1) is 0 Å². The zero-order valence-corrected chi connectivity index (χ0v) is 15.3. The number of benzene rings is 1. The molecule has 6 heteroatoms. The number of carboxylic acid groups (broad SMARTS) is 1. The molecule has 5 nitrogen and oxygen atoms in total. The van der Waals surface area contributed by atoms with Gasteiger partial charge < -0.3 is 19.5 Å². The first-order valence-corrected chi connectivity index (χ1v) is 8.71. The molecule has 1 fully saturated rings. The largest absolute Gasteiger partial charge is 0.478 e. The third-order valence-electron chi connectivity index (χ3n) is 5.45. The summed E-state index contributed by atoms with van der Waals surface area (Å²) in [4.78, 5) is 13.6. The van der Waals surface area contributed by atoms with E-state index in [0.29, 0.717) is 28.1 Å². The summed E-state index contributed by atoms with van der Waals surface area (Å²) in [6, 6.07) is 2.04. The predicted octanol–water partition coefficient (Wildman–Crippen LogP) is 3.95. The molecule has 1 saturated carbocycles. The average Bonchev–Trinajstić information content (AvgIpc) is 2.91. The van der Waals surface area contributed by atoms with Gasteiger partial charge in [0.05, 0.1) is 10.6 Å². The van der Waals surface area contributed by atoms with Crippen molar-refractivity contribution >= 4 is 17.6 Å². The van der Waals surface area contributed by atoms with Crippen LogP contribution in [0.4, 0.5) is 0 Å². The van der Waals surface area contributed by atoms with Gasteiger partial charge >= 0.3 is 5.97 Å². The summed E-state index contributed by atoms with van der Waals surface area (Å²) >= 11 is 6.25. The molecule has 0 amide bonds. The maximum atomic E-state index is 11.4. The van der Waals surface area contributed by atoms with E-state index in [-0.39, 0.29) is 11.5 Å². The number of fused-ring (bicyclic) bond motifs is 1. The van der Waals surface area contributed by atoms with E-state index in [1.807, 2.05) is 6.92 Å². The Balaban J connectivity index is 1.84. The number of hydrogen-bond donors (Lipinski definition) is 1. The van der Waals surface area contributed by atoms with Crippen LogP contribution in [0, 0.1) is 12.8 Å². The van der Waals surface area contributed by atoms with Crippen LogP contribution in [0.25, 0.3) is 0 Å². The summed E-state index contributed by atoms with van der Waals surface area (Å²) in [5.41, 5.74) is 0.718. The molecule has 0 radical (unpaired) electrons. The highest BCUT2D eigenvalue weighted by Gasteiger charge is 2.47. The Morgan fingerprint density at radius 1 is 1.25 bits per heavy atom. The highest BCUT2D eigenvalue weighted by Crippen LogP contribution is 2.51. The fourth-order valence-corrected chi connectivity index (χ4v) is 4.08. The van der Waals surface area contributed by atoms with E-state index in [9.17, 15) is 9.90 Å². The zero-order valence-electron chi connectivity index (χ0n) is 14.6. The van der Waals surface area contributed by atoms with Crippen molar-refractivity contribution in [1.82, 2.24) is 4.90 Å². The topological polar surface area (TPSA) is 59.0 Å². The Bertz CT molecular complexity index is 667. The number of aromatic carboxylic acids is 1. The van der Waals surface area contributed by atoms with Crippen LogP contribution in [-0.4, -0.2) is 41.9 Å². The summed E-state index contributed by atoms with van der Waals surface area (Å²) in [7, 11) is 4.23. The molecule has 0 aromatic heterocycles. The van der Waals surface area contributed by atoms with Crippen LogP contribution in [0.5, 0.6) is 11.5 Å². The van der Waals surface area contributed by atoms with Gasteiger partial charge in [0.1, 0.15) is 0 Å². The van der Waals surface area contributed by atoms with Crippen molar-refractivity contribution in [1.29, 1.82) is 0 Å². The molecule has 1 aromatic rings. The van der Waals surface area contributed by atoms with Crippen molar-refractivity contribution in [2.45, 2.75) is 51.4 Å². The molecule has 132 valence electrons. The summed E-state index contributed by atoms with van der Waals surface area (Å²) in [5, 5.41) is 9.61. The first-order chi connectivity index (χ1) is 11.2. The van der Waals surface area contributed by atoms with E-state index >= 15 is 0 Å². The van der Waals surface area contributed by atoms with Crippen molar-refractivity contribution in [3.8, 4) is 11.5 Å². The summed E-state index contributed by atoms with van der Waals surface area (Å²) < 4.78 is 12.3. The molecule has 24 heavy (non-hydrogen) atoms. The fourth-order valence-electron chi connectivity index (χ4n) is 3.85. The highest BCUT2D eigenvalue weighted by atomic mass is 35.5. The monoisotopic (exact) mass is 353 g/mol. The molecule has 1 unspecified atom stereocenters. The van der Waals surface area contributed by atoms with E-state index < -0.39 is 11.8 Å². The third kappa shape index (κ3) is 2.84. The van der Waals surface area contributed by atoms with Crippen LogP contribution in [0.2, 0.25) is 5.02 Å². The Hall–Kier alpha value is -1.46. The Morgan fingerprint density at radius 3 is 2.38 bits per heavy atom. The first-order valence-electron chi connectivity index (χ1n) is 8.33. The van der Waals surface area contributed by atoms with Crippen molar-refractivity contribution in [3.63, 3.8) is 0 Å². The normalized spacial score (nSPS) is 29.1. The minimum Gasteiger partial charge on any atom is -0.478 e.